The van der Waals surface area contributed by atoms with Crippen LogP contribution in [0.15, 0.2) is 52.9 Å². The molecular weight excluding hydrogens is 352 g/mol. The van der Waals surface area contributed by atoms with Crippen LogP contribution < -0.4 is 15.4 Å². The van der Waals surface area contributed by atoms with E-state index in [1.165, 1.54) is 18.4 Å². The molecule has 0 saturated heterocycles. The minimum absolute atomic E-state index is 0.145. The SMILES string of the molecule is COc1ccc(CNCc2ccccc2)c2cc(C(=O)NC3CCCC3)oc12. The molecule has 2 N–H and O–H groups in total. The monoisotopic (exact) mass is 378 g/mol. The Kier molecular flexibility index (Phi) is 5.63. The Morgan fingerprint density at radius 3 is 2.64 bits per heavy atom. The lowest BCUT2D eigenvalue weighted by molar-refractivity contribution is 0.0912. The van der Waals surface area contributed by atoms with E-state index in [-0.39, 0.29) is 11.9 Å². The van der Waals surface area contributed by atoms with Gasteiger partial charge in [-0.3, -0.25) is 4.79 Å². The summed E-state index contributed by atoms with van der Waals surface area (Å²) in [6.45, 7) is 1.46. The Balaban J connectivity index is 1.53. The molecule has 3 aromatic rings. The normalized spacial score (nSPS) is 14.5. The molecule has 28 heavy (non-hydrogen) atoms. The highest BCUT2D eigenvalue weighted by atomic mass is 16.5. The van der Waals surface area contributed by atoms with Crippen molar-refractivity contribution in [1.29, 1.82) is 0 Å². The van der Waals surface area contributed by atoms with Crippen LogP contribution in [0, 0.1) is 0 Å². The largest absolute Gasteiger partial charge is 0.493 e. The van der Waals surface area contributed by atoms with E-state index in [1.807, 2.05) is 36.4 Å². The number of rotatable bonds is 7. The highest BCUT2D eigenvalue weighted by Gasteiger charge is 2.22. The second-order valence-corrected chi connectivity index (χ2v) is 7.32. The Morgan fingerprint density at radius 2 is 1.89 bits per heavy atom. The lowest BCUT2D eigenvalue weighted by atomic mass is 10.1. The number of carbonyl (C=O) groups is 1. The van der Waals surface area contributed by atoms with Crippen molar-refractivity contribution < 1.29 is 13.9 Å². The zero-order valence-electron chi connectivity index (χ0n) is 16.2. The molecule has 5 nitrogen and oxygen atoms in total. The number of furan rings is 1. The van der Waals surface area contributed by atoms with Gasteiger partial charge in [-0.2, -0.15) is 0 Å². The Hall–Kier alpha value is -2.79. The topological polar surface area (TPSA) is 63.5 Å². The summed E-state index contributed by atoms with van der Waals surface area (Å²) >= 11 is 0. The van der Waals surface area contributed by atoms with Gasteiger partial charge in [0.25, 0.3) is 5.91 Å². The third-order valence-corrected chi connectivity index (χ3v) is 5.36. The maximum absolute atomic E-state index is 12.6. The van der Waals surface area contributed by atoms with E-state index in [9.17, 15) is 4.79 Å². The molecule has 0 atom stereocenters. The summed E-state index contributed by atoms with van der Waals surface area (Å²) < 4.78 is 11.3. The van der Waals surface area contributed by atoms with Crippen molar-refractivity contribution in [3.05, 3.63) is 65.4 Å². The average Bonchev–Trinajstić information content (AvgIpc) is 3.39. The van der Waals surface area contributed by atoms with E-state index in [1.54, 1.807) is 7.11 Å². The predicted molar refractivity (Wildman–Crippen MR) is 109 cm³/mol. The van der Waals surface area contributed by atoms with Gasteiger partial charge in [0.05, 0.1) is 7.11 Å². The minimum atomic E-state index is -0.145. The number of hydrogen-bond acceptors (Lipinski definition) is 4. The second-order valence-electron chi connectivity index (χ2n) is 7.32. The molecule has 1 fully saturated rings. The number of methoxy groups -OCH3 is 1. The van der Waals surface area contributed by atoms with Crippen LogP contribution in [-0.2, 0) is 13.1 Å². The van der Waals surface area contributed by atoms with Crippen molar-refractivity contribution in [2.75, 3.05) is 7.11 Å². The molecule has 0 unspecified atom stereocenters. The molecule has 1 aromatic heterocycles. The van der Waals surface area contributed by atoms with Gasteiger partial charge in [-0.15, -0.1) is 0 Å². The number of ether oxygens (including phenoxy) is 1. The first kappa shape index (κ1) is 18.6. The van der Waals surface area contributed by atoms with Crippen molar-refractivity contribution in [3.63, 3.8) is 0 Å². The number of carbonyl (C=O) groups excluding carboxylic acids is 1. The van der Waals surface area contributed by atoms with Crippen molar-refractivity contribution in [2.24, 2.45) is 0 Å². The summed E-state index contributed by atoms with van der Waals surface area (Å²) in [7, 11) is 1.61. The fraction of sp³-hybridized carbons (Fsp3) is 0.348. The molecule has 4 rings (SSSR count). The molecule has 0 radical (unpaired) electrons. The molecule has 146 valence electrons. The van der Waals surface area contributed by atoms with Crippen LogP contribution in [0.1, 0.15) is 47.4 Å². The number of nitrogens with one attached hydrogen (secondary N) is 2. The van der Waals surface area contributed by atoms with Gasteiger partial charge in [-0.25, -0.2) is 0 Å². The third-order valence-electron chi connectivity index (χ3n) is 5.36. The smallest absolute Gasteiger partial charge is 0.287 e. The highest BCUT2D eigenvalue weighted by molar-refractivity contribution is 5.98. The van der Waals surface area contributed by atoms with Gasteiger partial charge in [-0.1, -0.05) is 49.2 Å². The number of benzene rings is 2. The fourth-order valence-corrected chi connectivity index (χ4v) is 3.85. The van der Waals surface area contributed by atoms with Crippen molar-refractivity contribution in [3.8, 4) is 5.75 Å². The van der Waals surface area contributed by atoms with Crippen molar-refractivity contribution in [2.45, 2.75) is 44.8 Å². The first-order chi connectivity index (χ1) is 13.7. The zero-order chi connectivity index (χ0) is 19.3. The maximum atomic E-state index is 12.6. The molecule has 0 aliphatic heterocycles. The summed E-state index contributed by atoms with van der Waals surface area (Å²) in [4.78, 5) is 12.6. The Morgan fingerprint density at radius 1 is 1.11 bits per heavy atom. The lowest BCUT2D eigenvalue weighted by Gasteiger charge is -2.09. The lowest BCUT2D eigenvalue weighted by Crippen LogP contribution is -2.32. The molecule has 2 aromatic carbocycles. The van der Waals surface area contributed by atoms with Gasteiger partial charge in [0.15, 0.2) is 17.1 Å². The molecule has 5 heteroatoms. The number of hydrogen-bond donors (Lipinski definition) is 2. The van der Waals surface area contributed by atoms with E-state index in [0.717, 1.165) is 30.3 Å². The van der Waals surface area contributed by atoms with Crippen molar-refractivity contribution >= 4 is 16.9 Å². The standard InChI is InChI=1S/C23H26N2O3/c1-27-20-12-11-17(15-24-14-16-7-3-2-4-8-16)19-13-21(28-22(19)20)23(26)25-18-9-5-6-10-18/h2-4,7-8,11-13,18,24H,5-6,9-10,14-15H2,1H3,(H,25,26). The van der Waals surface area contributed by atoms with Crippen LogP contribution >= 0.6 is 0 Å². The van der Waals surface area contributed by atoms with E-state index >= 15 is 0 Å². The first-order valence-electron chi connectivity index (χ1n) is 9.89. The number of fused-ring (bicyclic) bond motifs is 1. The van der Waals surface area contributed by atoms with Crippen LogP contribution in [0.2, 0.25) is 0 Å². The highest BCUT2D eigenvalue weighted by Crippen LogP contribution is 2.32. The molecule has 1 aliphatic rings. The molecule has 1 aliphatic carbocycles. The van der Waals surface area contributed by atoms with E-state index < -0.39 is 0 Å². The van der Waals surface area contributed by atoms with Crippen LogP contribution in [-0.4, -0.2) is 19.1 Å². The molecule has 1 saturated carbocycles. The summed E-state index contributed by atoms with van der Waals surface area (Å²) in [5, 5.41) is 7.46. The Labute approximate surface area is 165 Å². The quantitative estimate of drug-likeness (QED) is 0.639. The second kappa shape index (κ2) is 8.48. The summed E-state index contributed by atoms with van der Waals surface area (Å²) in [6.07, 6.45) is 4.44. The van der Waals surface area contributed by atoms with Crippen LogP contribution in [0.3, 0.4) is 0 Å². The molecule has 0 spiro atoms. The van der Waals surface area contributed by atoms with Crippen LogP contribution in [0.5, 0.6) is 5.75 Å². The van der Waals surface area contributed by atoms with Gasteiger partial charge >= 0.3 is 0 Å². The fourth-order valence-electron chi connectivity index (χ4n) is 3.85. The van der Waals surface area contributed by atoms with E-state index in [2.05, 4.69) is 22.8 Å². The first-order valence-corrected chi connectivity index (χ1v) is 9.89. The van der Waals surface area contributed by atoms with Gasteiger partial charge < -0.3 is 19.8 Å². The van der Waals surface area contributed by atoms with Gasteiger partial charge in [0, 0.05) is 24.5 Å². The molecule has 1 heterocycles. The number of amides is 1. The average molecular weight is 378 g/mol. The summed E-state index contributed by atoms with van der Waals surface area (Å²) in [6, 6.07) is 16.3. The minimum Gasteiger partial charge on any atom is -0.493 e. The molecule has 0 bridgehead atoms. The van der Waals surface area contributed by atoms with Gasteiger partial charge in [0.2, 0.25) is 0 Å². The molecule has 1 amide bonds. The molecular formula is C23H26N2O3. The van der Waals surface area contributed by atoms with Crippen LogP contribution in [0.25, 0.3) is 11.0 Å². The Bertz CT molecular complexity index is 943. The summed E-state index contributed by atoms with van der Waals surface area (Å²) in [5.74, 6) is 0.839. The van der Waals surface area contributed by atoms with E-state index in [4.69, 9.17) is 9.15 Å². The van der Waals surface area contributed by atoms with Gasteiger partial charge in [0.1, 0.15) is 0 Å². The van der Waals surface area contributed by atoms with E-state index in [0.29, 0.717) is 23.6 Å². The van der Waals surface area contributed by atoms with Gasteiger partial charge in [-0.05, 0) is 36.1 Å². The summed E-state index contributed by atoms with van der Waals surface area (Å²) in [5.41, 5.74) is 2.93. The predicted octanol–water partition coefficient (Wildman–Crippen LogP) is 4.40. The van der Waals surface area contributed by atoms with Crippen molar-refractivity contribution in [1.82, 2.24) is 10.6 Å². The maximum Gasteiger partial charge on any atom is 0.287 e. The zero-order valence-corrected chi connectivity index (χ0v) is 16.2. The van der Waals surface area contributed by atoms with Crippen LogP contribution in [0.4, 0.5) is 0 Å². The third kappa shape index (κ3) is 4.04.